The Hall–Kier alpha value is -2.57. The van der Waals surface area contributed by atoms with Crippen molar-refractivity contribution in [3.8, 4) is 5.75 Å². The molecule has 24 heavy (non-hydrogen) atoms. The number of aromatic nitrogens is 3. The summed E-state index contributed by atoms with van der Waals surface area (Å²) in [6.45, 7) is 6.56. The average molecular weight is 329 g/mol. The summed E-state index contributed by atoms with van der Waals surface area (Å²) >= 11 is 0. The standard InChI is InChI=1S/C17H23N5O2/c1-10-7-8-14(24-4)16(18-10)19-17(23)22-9-5-6-13(22)15-11(2)20-21-12(15)3/h7-8,13H,5-6,9H2,1-4H3,(H,20,21)(H,18,19,23)/t13-/m0/s1. The lowest BCUT2D eigenvalue weighted by Crippen LogP contribution is -2.35. The van der Waals surface area contributed by atoms with Crippen LogP contribution in [0.15, 0.2) is 12.1 Å². The molecule has 0 aromatic carbocycles. The van der Waals surface area contributed by atoms with E-state index in [0.717, 1.165) is 35.5 Å². The summed E-state index contributed by atoms with van der Waals surface area (Å²) in [4.78, 5) is 19.0. The van der Waals surface area contributed by atoms with Crippen LogP contribution in [-0.4, -0.2) is 39.8 Å². The first-order chi connectivity index (χ1) is 11.5. The number of aromatic amines is 1. The molecule has 2 aromatic heterocycles. The molecule has 0 bridgehead atoms. The Bertz CT molecular complexity index is 736. The van der Waals surface area contributed by atoms with Crippen LogP contribution in [0.5, 0.6) is 5.75 Å². The number of pyridine rings is 1. The van der Waals surface area contributed by atoms with E-state index in [1.807, 2.05) is 37.8 Å². The fourth-order valence-electron chi connectivity index (χ4n) is 3.33. The third-order valence-electron chi connectivity index (χ3n) is 4.47. The van der Waals surface area contributed by atoms with Gasteiger partial charge in [0.1, 0.15) is 0 Å². The van der Waals surface area contributed by atoms with Crippen LogP contribution < -0.4 is 10.1 Å². The number of nitrogens with zero attached hydrogens (tertiary/aromatic N) is 3. The summed E-state index contributed by atoms with van der Waals surface area (Å²) in [6, 6.07) is 3.54. The molecule has 1 atom stereocenters. The van der Waals surface area contributed by atoms with Crippen molar-refractivity contribution >= 4 is 11.8 Å². The number of nitrogens with one attached hydrogen (secondary N) is 2. The Kier molecular flexibility index (Phi) is 4.42. The molecule has 3 rings (SSSR count). The number of likely N-dealkylation sites (tertiary alicyclic amines) is 1. The number of aryl methyl sites for hydroxylation is 3. The van der Waals surface area contributed by atoms with Crippen LogP contribution in [0.25, 0.3) is 0 Å². The highest BCUT2D eigenvalue weighted by atomic mass is 16.5. The van der Waals surface area contributed by atoms with Crippen molar-refractivity contribution in [2.75, 3.05) is 19.0 Å². The van der Waals surface area contributed by atoms with E-state index in [-0.39, 0.29) is 12.1 Å². The van der Waals surface area contributed by atoms with Crippen LogP contribution in [0.3, 0.4) is 0 Å². The number of H-pyrrole nitrogens is 1. The lowest BCUT2D eigenvalue weighted by Gasteiger charge is -2.25. The Morgan fingerprint density at radius 2 is 2.17 bits per heavy atom. The third-order valence-corrected chi connectivity index (χ3v) is 4.47. The Morgan fingerprint density at radius 1 is 1.38 bits per heavy atom. The summed E-state index contributed by atoms with van der Waals surface area (Å²) in [7, 11) is 1.57. The van der Waals surface area contributed by atoms with Crippen LogP contribution in [0.2, 0.25) is 0 Å². The molecule has 128 valence electrons. The largest absolute Gasteiger partial charge is 0.493 e. The van der Waals surface area contributed by atoms with Gasteiger partial charge in [-0.05, 0) is 45.7 Å². The predicted molar refractivity (Wildman–Crippen MR) is 91.3 cm³/mol. The van der Waals surface area contributed by atoms with Crippen LogP contribution >= 0.6 is 0 Å². The van der Waals surface area contributed by atoms with E-state index in [0.29, 0.717) is 18.1 Å². The van der Waals surface area contributed by atoms with Gasteiger partial charge < -0.3 is 9.64 Å². The highest BCUT2D eigenvalue weighted by Gasteiger charge is 2.33. The maximum Gasteiger partial charge on any atom is 0.323 e. The van der Waals surface area contributed by atoms with E-state index in [1.165, 1.54) is 0 Å². The van der Waals surface area contributed by atoms with Gasteiger partial charge in [0.25, 0.3) is 0 Å². The molecule has 2 aromatic rings. The Balaban J connectivity index is 1.83. The molecule has 1 aliphatic heterocycles. The molecule has 2 N–H and O–H groups in total. The zero-order chi connectivity index (χ0) is 17.3. The van der Waals surface area contributed by atoms with E-state index in [1.54, 1.807) is 7.11 Å². The van der Waals surface area contributed by atoms with Gasteiger partial charge in [0.2, 0.25) is 0 Å². The van der Waals surface area contributed by atoms with Crippen molar-refractivity contribution in [2.45, 2.75) is 39.7 Å². The molecule has 3 heterocycles. The summed E-state index contributed by atoms with van der Waals surface area (Å²) in [5.41, 5.74) is 3.91. The van der Waals surface area contributed by atoms with Crippen LogP contribution in [0.1, 0.15) is 41.5 Å². The van der Waals surface area contributed by atoms with Gasteiger partial charge in [-0.1, -0.05) is 0 Å². The molecule has 0 unspecified atom stereocenters. The quantitative estimate of drug-likeness (QED) is 0.906. The summed E-state index contributed by atoms with van der Waals surface area (Å²) in [5, 5.41) is 10.2. The predicted octanol–water partition coefficient (Wildman–Crippen LogP) is 3.11. The summed E-state index contributed by atoms with van der Waals surface area (Å²) in [5.74, 6) is 1.01. The lowest BCUT2D eigenvalue weighted by atomic mass is 10.0. The number of anilines is 1. The number of rotatable bonds is 3. The lowest BCUT2D eigenvalue weighted by molar-refractivity contribution is 0.206. The number of urea groups is 1. The minimum atomic E-state index is -0.158. The second-order valence-corrected chi connectivity index (χ2v) is 6.13. The maximum absolute atomic E-state index is 12.8. The number of carbonyl (C=O) groups is 1. The third kappa shape index (κ3) is 2.93. The van der Waals surface area contributed by atoms with Gasteiger partial charge in [0.15, 0.2) is 11.6 Å². The number of carbonyl (C=O) groups excluding carboxylic acids is 1. The van der Waals surface area contributed by atoms with Crippen molar-refractivity contribution in [3.63, 3.8) is 0 Å². The number of methoxy groups -OCH3 is 1. The summed E-state index contributed by atoms with van der Waals surface area (Å²) < 4.78 is 5.29. The second-order valence-electron chi connectivity index (χ2n) is 6.13. The zero-order valence-electron chi connectivity index (χ0n) is 14.5. The van der Waals surface area contributed by atoms with E-state index in [2.05, 4.69) is 20.5 Å². The smallest absolute Gasteiger partial charge is 0.323 e. The number of amides is 2. The number of hydrogen-bond donors (Lipinski definition) is 2. The molecule has 0 radical (unpaired) electrons. The van der Waals surface area contributed by atoms with Gasteiger partial charge in [0.05, 0.1) is 18.8 Å². The fraction of sp³-hybridized carbons (Fsp3) is 0.471. The molecule has 2 amide bonds. The Labute approximate surface area is 141 Å². The molecular formula is C17H23N5O2. The number of ether oxygens (including phenoxy) is 1. The molecule has 0 aliphatic carbocycles. The van der Waals surface area contributed by atoms with Crippen LogP contribution in [0.4, 0.5) is 10.6 Å². The van der Waals surface area contributed by atoms with Gasteiger partial charge in [-0.2, -0.15) is 5.10 Å². The van der Waals surface area contributed by atoms with Crippen molar-refractivity contribution in [3.05, 3.63) is 34.8 Å². The number of hydrogen-bond acceptors (Lipinski definition) is 4. The van der Waals surface area contributed by atoms with Gasteiger partial charge in [0, 0.05) is 23.5 Å². The van der Waals surface area contributed by atoms with E-state index in [9.17, 15) is 4.79 Å². The van der Waals surface area contributed by atoms with Crippen molar-refractivity contribution in [2.24, 2.45) is 0 Å². The first-order valence-electron chi connectivity index (χ1n) is 8.12. The van der Waals surface area contributed by atoms with Crippen molar-refractivity contribution in [1.82, 2.24) is 20.1 Å². The molecule has 1 fully saturated rings. The molecule has 1 saturated heterocycles. The van der Waals surface area contributed by atoms with E-state index in [4.69, 9.17) is 4.74 Å². The van der Waals surface area contributed by atoms with E-state index >= 15 is 0 Å². The monoisotopic (exact) mass is 329 g/mol. The minimum Gasteiger partial charge on any atom is -0.493 e. The fourth-order valence-corrected chi connectivity index (χ4v) is 3.33. The average Bonchev–Trinajstić information content (AvgIpc) is 3.14. The van der Waals surface area contributed by atoms with Crippen molar-refractivity contribution in [1.29, 1.82) is 0 Å². The van der Waals surface area contributed by atoms with E-state index < -0.39 is 0 Å². The highest BCUT2D eigenvalue weighted by Crippen LogP contribution is 2.35. The molecule has 7 heteroatoms. The van der Waals surface area contributed by atoms with Crippen LogP contribution in [-0.2, 0) is 0 Å². The zero-order valence-corrected chi connectivity index (χ0v) is 14.5. The van der Waals surface area contributed by atoms with Gasteiger partial charge in [-0.15, -0.1) is 0 Å². The highest BCUT2D eigenvalue weighted by molar-refractivity contribution is 5.90. The maximum atomic E-state index is 12.8. The second kappa shape index (κ2) is 6.51. The Morgan fingerprint density at radius 3 is 2.83 bits per heavy atom. The van der Waals surface area contributed by atoms with Gasteiger partial charge in [-0.25, -0.2) is 9.78 Å². The minimum absolute atomic E-state index is 0.0413. The topological polar surface area (TPSA) is 83.1 Å². The summed E-state index contributed by atoms with van der Waals surface area (Å²) in [6.07, 6.45) is 1.91. The van der Waals surface area contributed by atoms with Crippen LogP contribution in [0, 0.1) is 20.8 Å². The van der Waals surface area contributed by atoms with Gasteiger partial charge >= 0.3 is 6.03 Å². The first-order valence-corrected chi connectivity index (χ1v) is 8.12. The van der Waals surface area contributed by atoms with Gasteiger partial charge in [-0.3, -0.25) is 10.4 Å². The first kappa shape index (κ1) is 16.3. The molecule has 0 saturated carbocycles. The molecule has 1 aliphatic rings. The van der Waals surface area contributed by atoms with Crippen molar-refractivity contribution < 1.29 is 9.53 Å². The molecule has 0 spiro atoms. The SMILES string of the molecule is COc1ccc(C)nc1NC(=O)N1CCC[C@H]1c1c(C)n[nH]c1C. The molecular weight excluding hydrogens is 306 g/mol. The molecule has 7 nitrogen and oxygen atoms in total. The normalized spacial score (nSPS) is 17.2.